The van der Waals surface area contributed by atoms with Gasteiger partial charge in [0.25, 0.3) is 0 Å². The molecule has 1 aromatic rings. The van der Waals surface area contributed by atoms with Crippen LogP contribution in [0.4, 0.5) is 18.9 Å². The number of hydrogen-bond acceptors (Lipinski definition) is 6. The van der Waals surface area contributed by atoms with Crippen molar-refractivity contribution in [2.24, 2.45) is 5.92 Å². The molecule has 1 unspecified atom stereocenters. The van der Waals surface area contributed by atoms with Crippen LogP contribution in [0.1, 0.15) is 57.4 Å². The predicted octanol–water partition coefficient (Wildman–Crippen LogP) is 4.56. The van der Waals surface area contributed by atoms with E-state index in [0.29, 0.717) is 49.7 Å². The third kappa shape index (κ3) is 5.54. The fraction of sp³-hybridized carbons (Fsp3) is 0.679. The van der Waals surface area contributed by atoms with Gasteiger partial charge in [0.2, 0.25) is 0 Å². The van der Waals surface area contributed by atoms with Crippen LogP contribution in [-0.4, -0.2) is 73.1 Å². The van der Waals surface area contributed by atoms with Crippen molar-refractivity contribution < 1.29 is 32.5 Å². The fourth-order valence-corrected chi connectivity index (χ4v) is 6.73. The number of aliphatic hydroxyl groups excluding tert-OH is 1. The van der Waals surface area contributed by atoms with Crippen molar-refractivity contribution in [3.8, 4) is 0 Å². The largest absolute Gasteiger partial charge is 0.451 e. The summed E-state index contributed by atoms with van der Waals surface area (Å²) >= 11 is 0. The van der Waals surface area contributed by atoms with E-state index in [1.165, 1.54) is 12.1 Å². The van der Waals surface area contributed by atoms with Crippen LogP contribution in [0.15, 0.2) is 35.4 Å². The van der Waals surface area contributed by atoms with Crippen LogP contribution in [0.5, 0.6) is 0 Å². The molecule has 0 amide bonds. The van der Waals surface area contributed by atoms with Gasteiger partial charge in [0.05, 0.1) is 11.7 Å². The molecule has 9 heteroatoms. The van der Waals surface area contributed by atoms with E-state index in [9.17, 15) is 23.1 Å². The van der Waals surface area contributed by atoms with E-state index in [-0.39, 0.29) is 11.9 Å². The van der Waals surface area contributed by atoms with Crippen molar-refractivity contribution in [1.29, 1.82) is 0 Å². The molecule has 0 aromatic heterocycles. The van der Waals surface area contributed by atoms with Gasteiger partial charge in [0.1, 0.15) is 5.60 Å². The molecule has 5 rings (SSSR count). The highest BCUT2D eigenvalue weighted by Gasteiger charge is 2.51. The van der Waals surface area contributed by atoms with Crippen LogP contribution in [0.25, 0.3) is 0 Å². The van der Waals surface area contributed by atoms with E-state index in [1.54, 1.807) is 13.0 Å². The Morgan fingerprint density at radius 2 is 1.76 bits per heavy atom. The van der Waals surface area contributed by atoms with Gasteiger partial charge >= 0.3 is 12.1 Å². The lowest BCUT2D eigenvalue weighted by molar-refractivity contribution is -0.152. The Morgan fingerprint density at radius 3 is 2.41 bits per heavy atom. The van der Waals surface area contributed by atoms with Gasteiger partial charge in [-0.25, -0.2) is 4.79 Å². The molecule has 3 fully saturated rings. The molecule has 1 N–H and O–H groups in total. The number of alkyl halides is 3. The summed E-state index contributed by atoms with van der Waals surface area (Å²) in [6.07, 6.45) is 0.394. The zero-order valence-electron chi connectivity index (χ0n) is 21.4. The Labute approximate surface area is 216 Å². The van der Waals surface area contributed by atoms with Crippen molar-refractivity contribution in [2.75, 3.05) is 44.3 Å². The van der Waals surface area contributed by atoms with Gasteiger partial charge in [-0.2, -0.15) is 13.2 Å². The quantitative estimate of drug-likeness (QED) is 0.573. The molecule has 4 heterocycles. The van der Waals surface area contributed by atoms with E-state index in [4.69, 9.17) is 9.47 Å². The topological polar surface area (TPSA) is 62.2 Å². The Morgan fingerprint density at radius 1 is 1.08 bits per heavy atom. The number of anilines is 1. The van der Waals surface area contributed by atoms with Crippen LogP contribution in [0, 0.1) is 5.92 Å². The molecule has 3 saturated heterocycles. The first-order valence-electron chi connectivity index (χ1n) is 13.5. The average Bonchev–Trinajstić information content (AvgIpc) is 3.13. The van der Waals surface area contributed by atoms with Gasteiger partial charge in [-0.1, -0.05) is 6.07 Å². The molecule has 0 radical (unpaired) electrons. The minimum atomic E-state index is -4.36. The maximum absolute atomic E-state index is 13.1. The number of hydrogen-bond donors (Lipinski definition) is 1. The number of nitrogens with zero attached hydrogens (tertiary/aromatic N) is 2. The maximum Gasteiger partial charge on any atom is 0.416 e. The summed E-state index contributed by atoms with van der Waals surface area (Å²) < 4.78 is 50.8. The van der Waals surface area contributed by atoms with Crippen LogP contribution in [-0.2, 0) is 20.4 Å². The Bertz CT molecular complexity index is 1000. The fourth-order valence-electron chi connectivity index (χ4n) is 6.73. The van der Waals surface area contributed by atoms with E-state index in [1.807, 2.05) is 4.90 Å². The number of carbonyl (C=O) groups is 1. The van der Waals surface area contributed by atoms with Crippen molar-refractivity contribution in [3.63, 3.8) is 0 Å². The summed E-state index contributed by atoms with van der Waals surface area (Å²) in [5.74, 6) is -0.0969. The number of esters is 1. The zero-order chi connectivity index (χ0) is 26.2. The first-order chi connectivity index (χ1) is 17.7. The lowest BCUT2D eigenvalue weighted by Gasteiger charge is -2.44. The lowest BCUT2D eigenvalue weighted by atomic mass is 9.77. The van der Waals surface area contributed by atoms with E-state index in [2.05, 4.69) is 4.90 Å². The van der Waals surface area contributed by atoms with E-state index in [0.717, 1.165) is 63.6 Å². The number of carbonyl (C=O) groups excluding carboxylic acids is 1. The molecule has 0 bridgehead atoms. The Balaban J connectivity index is 1.19. The smallest absolute Gasteiger partial charge is 0.416 e. The monoisotopic (exact) mass is 522 g/mol. The van der Waals surface area contributed by atoms with Gasteiger partial charge in [0, 0.05) is 75.1 Å². The third-order valence-electron chi connectivity index (χ3n) is 8.85. The third-order valence-corrected chi connectivity index (χ3v) is 8.85. The summed E-state index contributed by atoms with van der Waals surface area (Å²) in [5, 5.41) is 11.4. The van der Waals surface area contributed by atoms with Gasteiger partial charge in [0.15, 0.2) is 0 Å². The molecule has 0 aliphatic carbocycles. The lowest BCUT2D eigenvalue weighted by Crippen LogP contribution is -2.52. The molecule has 1 atom stereocenters. The van der Waals surface area contributed by atoms with Gasteiger partial charge in [-0.05, 0) is 63.1 Å². The average molecular weight is 523 g/mol. The number of likely N-dealkylation sites (tertiary alicyclic amines) is 1. The molecule has 1 aromatic carbocycles. The van der Waals surface area contributed by atoms with Crippen molar-refractivity contribution in [2.45, 2.75) is 75.8 Å². The molecule has 1 spiro atoms. The predicted molar refractivity (Wildman–Crippen MR) is 133 cm³/mol. The van der Waals surface area contributed by atoms with Gasteiger partial charge < -0.3 is 19.5 Å². The first-order valence-corrected chi connectivity index (χ1v) is 13.5. The SMILES string of the molecule is CC1=C(C(O)CC2CCN(c3cccc(C(F)(F)F)c3)CC2)C2(CCN(C3CCOCC3)CC2)OC1=O. The summed E-state index contributed by atoms with van der Waals surface area (Å²) in [4.78, 5) is 17.1. The van der Waals surface area contributed by atoms with E-state index < -0.39 is 23.4 Å². The second-order valence-corrected chi connectivity index (χ2v) is 11.0. The second-order valence-electron chi connectivity index (χ2n) is 11.0. The molecule has 204 valence electrons. The van der Waals surface area contributed by atoms with Crippen LogP contribution < -0.4 is 4.90 Å². The number of piperidine rings is 2. The highest BCUT2D eigenvalue weighted by molar-refractivity contribution is 5.92. The zero-order valence-corrected chi connectivity index (χ0v) is 21.4. The first kappa shape index (κ1) is 26.5. The minimum Gasteiger partial charge on any atom is -0.451 e. The number of benzene rings is 1. The molecule has 6 nitrogen and oxygen atoms in total. The summed E-state index contributed by atoms with van der Waals surface area (Å²) in [6, 6.07) is 5.98. The van der Waals surface area contributed by atoms with Crippen molar-refractivity contribution >= 4 is 11.7 Å². The Hall–Kier alpha value is -2.10. The van der Waals surface area contributed by atoms with E-state index >= 15 is 0 Å². The standard InChI is InChI=1S/C28H37F3N2O4/c1-19-25(27(37-26(19)35)9-13-33(14-10-27)22-7-15-36-16-8-22)24(34)17-20-5-11-32(12-6-20)23-4-2-3-21(18-23)28(29,30)31/h2-4,18,20,22,24,34H,5-17H2,1H3. The van der Waals surface area contributed by atoms with Crippen molar-refractivity contribution in [3.05, 3.63) is 41.0 Å². The number of halogens is 3. The normalized spacial score (nSPS) is 25.1. The van der Waals surface area contributed by atoms with Crippen molar-refractivity contribution in [1.82, 2.24) is 4.90 Å². The summed E-state index contributed by atoms with van der Waals surface area (Å²) in [7, 11) is 0. The molecule has 37 heavy (non-hydrogen) atoms. The number of ether oxygens (including phenoxy) is 2. The highest BCUT2D eigenvalue weighted by atomic mass is 19.4. The maximum atomic E-state index is 13.1. The highest BCUT2D eigenvalue weighted by Crippen LogP contribution is 2.45. The summed E-state index contributed by atoms with van der Waals surface area (Å²) in [5.41, 5.74) is 0.514. The number of aliphatic hydroxyl groups is 1. The second kappa shape index (κ2) is 10.6. The molecule has 0 saturated carbocycles. The van der Waals surface area contributed by atoms with Gasteiger partial charge in [-0.15, -0.1) is 0 Å². The molecule has 4 aliphatic heterocycles. The van der Waals surface area contributed by atoms with Gasteiger partial charge in [-0.3, -0.25) is 4.90 Å². The molecule has 4 aliphatic rings. The molecular formula is C28H37F3N2O4. The van der Waals surface area contributed by atoms with Crippen LogP contribution >= 0.6 is 0 Å². The summed E-state index contributed by atoms with van der Waals surface area (Å²) in [6.45, 7) is 6.27. The minimum absolute atomic E-state index is 0.229. The number of rotatable bonds is 5. The van der Waals surface area contributed by atoms with Crippen LogP contribution in [0.3, 0.4) is 0 Å². The van der Waals surface area contributed by atoms with Crippen LogP contribution in [0.2, 0.25) is 0 Å². The molecular weight excluding hydrogens is 485 g/mol. The Kier molecular flexibility index (Phi) is 7.58.